The van der Waals surface area contributed by atoms with Crippen molar-refractivity contribution in [3.05, 3.63) is 29.3 Å². The van der Waals surface area contributed by atoms with Gasteiger partial charge in [-0.3, -0.25) is 0 Å². The van der Waals surface area contributed by atoms with Crippen LogP contribution < -0.4 is 10.1 Å². The number of halogens is 2. The van der Waals surface area contributed by atoms with Crippen LogP contribution in [0, 0.1) is 0 Å². The van der Waals surface area contributed by atoms with Crippen LogP contribution in [0.2, 0.25) is 0 Å². The molecule has 0 fully saturated rings. The lowest BCUT2D eigenvalue weighted by atomic mass is 9.96. The van der Waals surface area contributed by atoms with Crippen molar-refractivity contribution in [2.45, 2.75) is 32.5 Å². The molecule has 0 spiro atoms. The molecule has 1 atom stereocenters. The summed E-state index contributed by atoms with van der Waals surface area (Å²) in [6, 6.07) is 5.59. The Morgan fingerprint density at radius 2 is 2.27 bits per heavy atom. The van der Waals surface area contributed by atoms with Crippen molar-refractivity contribution in [3.8, 4) is 5.75 Å². The molecule has 1 aromatic carbocycles. The predicted molar refractivity (Wildman–Crippen MR) is 53.1 cm³/mol. The molecule has 1 unspecified atom stereocenters. The standard InChI is InChI=1S/C11H13F2NO/c1-7-5-9-8(6-14-7)3-2-4-10(9)15-11(12)13/h2-4,7,11,14H,5-6H2,1H3. The van der Waals surface area contributed by atoms with Gasteiger partial charge in [-0.05, 0) is 25.0 Å². The van der Waals surface area contributed by atoms with Gasteiger partial charge in [-0.15, -0.1) is 0 Å². The highest BCUT2D eigenvalue weighted by Gasteiger charge is 2.19. The maximum atomic E-state index is 12.1. The first-order valence-corrected chi connectivity index (χ1v) is 4.96. The Morgan fingerprint density at radius 1 is 1.47 bits per heavy atom. The van der Waals surface area contributed by atoms with E-state index in [0.717, 1.165) is 24.1 Å². The zero-order valence-corrected chi connectivity index (χ0v) is 8.47. The van der Waals surface area contributed by atoms with Gasteiger partial charge in [0.15, 0.2) is 0 Å². The Morgan fingerprint density at radius 3 is 3.00 bits per heavy atom. The molecule has 1 heterocycles. The molecule has 1 aliphatic rings. The summed E-state index contributed by atoms with van der Waals surface area (Å²) >= 11 is 0. The van der Waals surface area contributed by atoms with Gasteiger partial charge in [-0.25, -0.2) is 0 Å². The highest BCUT2D eigenvalue weighted by Crippen LogP contribution is 2.28. The van der Waals surface area contributed by atoms with E-state index in [1.165, 1.54) is 0 Å². The lowest BCUT2D eigenvalue weighted by Crippen LogP contribution is -2.33. The van der Waals surface area contributed by atoms with E-state index in [9.17, 15) is 8.78 Å². The van der Waals surface area contributed by atoms with Gasteiger partial charge in [0.1, 0.15) is 5.75 Å². The molecule has 2 nitrogen and oxygen atoms in total. The second kappa shape index (κ2) is 4.14. The van der Waals surface area contributed by atoms with Gasteiger partial charge >= 0.3 is 6.61 Å². The first-order chi connectivity index (χ1) is 7.16. The fourth-order valence-corrected chi connectivity index (χ4v) is 1.88. The minimum atomic E-state index is -2.75. The van der Waals surface area contributed by atoms with Gasteiger partial charge < -0.3 is 10.1 Å². The van der Waals surface area contributed by atoms with Crippen LogP contribution in [0.1, 0.15) is 18.1 Å². The third-order valence-electron chi connectivity index (χ3n) is 2.60. The number of hydrogen-bond donors (Lipinski definition) is 1. The summed E-state index contributed by atoms with van der Waals surface area (Å²) in [5.41, 5.74) is 1.95. The van der Waals surface area contributed by atoms with E-state index in [0.29, 0.717) is 11.8 Å². The Labute approximate surface area is 87.2 Å². The fraction of sp³-hybridized carbons (Fsp3) is 0.455. The Balaban J connectivity index is 2.31. The van der Waals surface area contributed by atoms with Crippen LogP contribution in [0.4, 0.5) is 8.78 Å². The topological polar surface area (TPSA) is 21.3 Å². The SMILES string of the molecule is CC1Cc2c(cccc2OC(F)F)CN1. The average Bonchev–Trinajstić information content (AvgIpc) is 2.18. The zero-order valence-electron chi connectivity index (χ0n) is 8.47. The van der Waals surface area contributed by atoms with Crippen LogP contribution in [0.5, 0.6) is 5.75 Å². The highest BCUT2D eigenvalue weighted by molar-refractivity contribution is 5.42. The molecule has 1 N–H and O–H groups in total. The van der Waals surface area contributed by atoms with E-state index in [1.807, 2.05) is 13.0 Å². The number of hydrogen-bond acceptors (Lipinski definition) is 2. The van der Waals surface area contributed by atoms with Crippen LogP contribution >= 0.6 is 0 Å². The smallest absolute Gasteiger partial charge is 0.387 e. The number of nitrogens with one attached hydrogen (secondary N) is 1. The maximum Gasteiger partial charge on any atom is 0.387 e. The van der Waals surface area contributed by atoms with Crippen molar-refractivity contribution in [1.82, 2.24) is 5.32 Å². The molecule has 0 saturated carbocycles. The van der Waals surface area contributed by atoms with Crippen LogP contribution in [-0.4, -0.2) is 12.7 Å². The summed E-state index contributed by atoms with van der Waals surface area (Å²) in [6.45, 7) is 0.000607. The van der Waals surface area contributed by atoms with Crippen molar-refractivity contribution in [2.24, 2.45) is 0 Å². The molecule has 0 aliphatic carbocycles. The molecule has 0 saturated heterocycles. The van der Waals surface area contributed by atoms with Gasteiger partial charge in [-0.1, -0.05) is 12.1 Å². The first-order valence-electron chi connectivity index (χ1n) is 4.96. The molecule has 0 bridgehead atoms. The number of fused-ring (bicyclic) bond motifs is 1. The van der Waals surface area contributed by atoms with E-state index in [4.69, 9.17) is 0 Å². The van der Waals surface area contributed by atoms with Gasteiger partial charge in [-0.2, -0.15) is 8.78 Å². The minimum Gasteiger partial charge on any atom is -0.435 e. The number of benzene rings is 1. The maximum absolute atomic E-state index is 12.1. The number of rotatable bonds is 2. The molecule has 82 valence electrons. The molecule has 15 heavy (non-hydrogen) atoms. The summed E-state index contributed by atoms with van der Waals surface area (Å²) in [7, 11) is 0. The Bertz CT molecular complexity index is 354. The van der Waals surface area contributed by atoms with Gasteiger partial charge in [0.25, 0.3) is 0 Å². The Kier molecular flexibility index (Phi) is 2.86. The molecule has 1 aliphatic heterocycles. The first kappa shape index (κ1) is 10.4. The molecule has 0 radical (unpaired) electrons. The third-order valence-corrected chi connectivity index (χ3v) is 2.60. The monoisotopic (exact) mass is 213 g/mol. The van der Waals surface area contributed by atoms with E-state index >= 15 is 0 Å². The number of alkyl halides is 2. The lowest BCUT2D eigenvalue weighted by molar-refractivity contribution is -0.0506. The van der Waals surface area contributed by atoms with Crippen molar-refractivity contribution in [3.63, 3.8) is 0 Å². The summed E-state index contributed by atoms with van der Waals surface area (Å²) in [5, 5.41) is 3.28. The highest BCUT2D eigenvalue weighted by atomic mass is 19.3. The molecular weight excluding hydrogens is 200 g/mol. The Hall–Kier alpha value is -1.16. The van der Waals surface area contributed by atoms with E-state index in [-0.39, 0.29) is 0 Å². The summed E-state index contributed by atoms with van der Waals surface area (Å²) < 4.78 is 28.8. The average molecular weight is 213 g/mol. The molecule has 2 rings (SSSR count). The molecule has 1 aromatic rings. The van der Waals surface area contributed by atoms with Gasteiger partial charge in [0, 0.05) is 18.2 Å². The lowest BCUT2D eigenvalue weighted by Gasteiger charge is -2.25. The summed E-state index contributed by atoms with van der Waals surface area (Å²) in [4.78, 5) is 0. The zero-order chi connectivity index (χ0) is 10.8. The quantitative estimate of drug-likeness (QED) is 0.814. The van der Waals surface area contributed by atoms with Gasteiger partial charge in [0.05, 0.1) is 0 Å². The minimum absolute atomic E-state index is 0.305. The molecule has 0 aromatic heterocycles. The van der Waals surface area contributed by atoms with E-state index in [2.05, 4.69) is 10.1 Å². The summed E-state index contributed by atoms with van der Waals surface area (Å²) in [6.07, 6.45) is 0.734. The van der Waals surface area contributed by atoms with Crippen LogP contribution in [-0.2, 0) is 13.0 Å². The molecular formula is C11H13F2NO. The van der Waals surface area contributed by atoms with Crippen LogP contribution in [0.25, 0.3) is 0 Å². The normalized spacial score (nSPS) is 20.1. The third kappa shape index (κ3) is 2.26. The van der Waals surface area contributed by atoms with Gasteiger partial charge in [0.2, 0.25) is 0 Å². The molecule has 4 heteroatoms. The molecule has 0 amide bonds. The number of ether oxygens (including phenoxy) is 1. The van der Waals surface area contributed by atoms with Crippen molar-refractivity contribution < 1.29 is 13.5 Å². The van der Waals surface area contributed by atoms with Crippen LogP contribution in [0.3, 0.4) is 0 Å². The summed E-state index contributed by atoms with van der Waals surface area (Å²) in [5.74, 6) is 0.316. The van der Waals surface area contributed by atoms with Crippen LogP contribution in [0.15, 0.2) is 18.2 Å². The van der Waals surface area contributed by atoms with E-state index in [1.54, 1.807) is 12.1 Å². The van der Waals surface area contributed by atoms with Crippen molar-refractivity contribution in [1.29, 1.82) is 0 Å². The van der Waals surface area contributed by atoms with Crippen molar-refractivity contribution in [2.75, 3.05) is 0 Å². The second-order valence-electron chi connectivity index (χ2n) is 3.76. The second-order valence-corrected chi connectivity index (χ2v) is 3.76. The largest absolute Gasteiger partial charge is 0.435 e. The van der Waals surface area contributed by atoms with E-state index < -0.39 is 6.61 Å². The van der Waals surface area contributed by atoms with Crippen molar-refractivity contribution >= 4 is 0 Å². The predicted octanol–water partition coefficient (Wildman–Crippen LogP) is 2.32. The fourth-order valence-electron chi connectivity index (χ4n) is 1.88.